The number of aromatic nitrogens is 4. The molecule has 1 aromatic carbocycles. The number of anilines is 1. The van der Waals surface area contributed by atoms with E-state index >= 15 is 0 Å². The molecular weight excluding hydrogens is 339 g/mol. The number of rotatable bonds is 5. The second kappa shape index (κ2) is 6.95. The lowest BCUT2D eigenvalue weighted by atomic mass is 10.2. The minimum absolute atomic E-state index is 0.241. The first-order chi connectivity index (χ1) is 12.4. The van der Waals surface area contributed by atoms with Gasteiger partial charge in [0.25, 0.3) is 5.56 Å². The van der Waals surface area contributed by atoms with E-state index in [-0.39, 0.29) is 17.4 Å². The number of halogens is 1. The van der Waals surface area contributed by atoms with E-state index in [1.807, 2.05) is 13.8 Å². The molecule has 8 nitrogen and oxygen atoms in total. The smallest absolute Gasteiger partial charge is 0.303 e. The Labute approximate surface area is 148 Å². The van der Waals surface area contributed by atoms with Gasteiger partial charge in [0.05, 0.1) is 6.21 Å². The highest BCUT2D eigenvalue weighted by molar-refractivity contribution is 5.80. The van der Waals surface area contributed by atoms with E-state index in [9.17, 15) is 14.0 Å². The fourth-order valence-corrected chi connectivity index (χ4v) is 2.58. The van der Waals surface area contributed by atoms with E-state index in [1.165, 1.54) is 22.9 Å². The van der Waals surface area contributed by atoms with Crippen LogP contribution in [0.4, 0.5) is 10.3 Å². The van der Waals surface area contributed by atoms with Crippen molar-refractivity contribution in [3.8, 4) is 0 Å². The summed E-state index contributed by atoms with van der Waals surface area (Å²) in [7, 11) is 1.54. The fourth-order valence-electron chi connectivity index (χ4n) is 2.58. The first-order valence-corrected chi connectivity index (χ1v) is 8.11. The van der Waals surface area contributed by atoms with Crippen molar-refractivity contribution in [2.75, 3.05) is 5.43 Å². The summed E-state index contributed by atoms with van der Waals surface area (Å²) < 4.78 is 15.9. The molecule has 0 saturated carbocycles. The highest BCUT2D eigenvalue weighted by atomic mass is 19.1. The largest absolute Gasteiger partial charge is 0.329 e. The molecule has 9 heteroatoms. The maximum Gasteiger partial charge on any atom is 0.329 e. The lowest BCUT2D eigenvalue weighted by Crippen LogP contribution is -2.29. The van der Waals surface area contributed by atoms with Gasteiger partial charge in [-0.3, -0.25) is 14.3 Å². The van der Waals surface area contributed by atoms with Gasteiger partial charge in [-0.1, -0.05) is 26.0 Å². The van der Waals surface area contributed by atoms with E-state index in [1.54, 1.807) is 23.7 Å². The third-order valence-corrected chi connectivity index (χ3v) is 3.80. The molecule has 136 valence electrons. The molecular formula is C17H19FN6O2. The number of H-pyrrole nitrogens is 1. The van der Waals surface area contributed by atoms with Gasteiger partial charge in [0.2, 0.25) is 5.95 Å². The van der Waals surface area contributed by atoms with Gasteiger partial charge in [-0.2, -0.15) is 10.1 Å². The van der Waals surface area contributed by atoms with Gasteiger partial charge in [0.15, 0.2) is 11.2 Å². The molecule has 0 aliphatic carbocycles. The lowest BCUT2D eigenvalue weighted by Gasteiger charge is -2.10. The molecule has 0 saturated heterocycles. The number of benzene rings is 1. The van der Waals surface area contributed by atoms with Gasteiger partial charge in [-0.15, -0.1) is 0 Å². The Morgan fingerprint density at radius 3 is 2.65 bits per heavy atom. The van der Waals surface area contributed by atoms with Gasteiger partial charge in [0.1, 0.15) is 5.82 Å². The van der Waals surface area contributed by atoms with E-state index in [4.69, 9.17) is 0 Å². The summed E-state index contributed by atoms with van der Waals surface area (Å²) in [5, 5.41) is 4.11. The Bertz CT molecular complexity index is 1080. The van der Waals surface area contributed by atoms with Crippen LogP contribution in [0.3, 0.4) is 0 Å². The van der Waals surface area contributed by atoms with Gasteiger partial charge in [-0.25, -0.2) is 14.6 Å². The second-order valence-corrected chi connectivity index (χ2v) is 6.35. The molecule has 0 aliphatic heterocycles. The lowest BCUT2D eigenvalue weighted by molar-refractivity contribution is 0.535. The highest BCUT2D eigenvalue weighted by Gasteiger charge is 2.17. The minimum atomic E-state index is -0.530. The van der Waals surface area contributed by atoms with Crippen LogP contribution in [0.1, 0.15) is 19.4 Å². The highest BCUT2D eigenvalue weighted by Crippen LogP contribution is 2.17. The monoisotopic (exact) mass is 358 g/mol. The van der Waals surface area contributed by atoms with Crippen LogP contribution < -0.4 is 16.7 Å². The van der Waals surface area contributed by atoms with E-state index in [2.05, 4.69) is 20.5 Å². The molecule has 3 rings (SSSR count). The number of nitrogens with zero attached hydrogens (tertiary/aromatic N) is 4. The number of nitrogens with one attached hydrogen (secondary N) is 2. The summed E-state index contributed by atoms with van der Waals surface area (Å²) in [5.41, 5.74) is 3.07. The van der Waals surface area contributed by atoms with Crippen molar-refractivity contribution in [1.82, 2.24) is 19.1 Å². The van der Waals surface area contributed by atoms with Crippen molar-refractivity contribution < 1.29 is 4.39 Å². The molecule has 0 bridgehead atoms. The van der Waals surface area contributed by atoms with Gasteiger partial charge >= 0.3 is 5.69 Å². The Morgan fingerprint density at radius 1 is 1.31 bits per heavy atom. The van der Waals surface area contributed by atoms with Crippen LogP contribution >= 0.6 is 0 Å². The Balaban J connectivity index is 2.02. The Morgan fingerprint density at radius 2 is 2.00 bits per heavy atom. The SMILES string of the molecule is CC(C)Cn1c(NN=Cc2ccc(F)cc2)nc2c1c(=O)[nH]c(=O)n2C. The van der Waals surface area contributed by atoms with Crippen molar-refractivity contribution in [2.45, 2.75) is 20.4 Å². The van der Waals surface area contributed by atoms with Crippen LogP contribution in [0.15, 0.2) is 39.0 Å². The van der Waals surface area contributed by atoms with Crippen molar-refractivity contribution in [2.24, 2.45) is 18.1 Å². The molecule has 0 radical (unpaired) electrons. The number of aryl methyl sites for hydroxylation is 1. The third-order valence-electron chi connectivity index (χ3n) is 3.80. The molecule has 2 aromatic heterocycles. The third kappa shape index (κ3) is 3.41. The van der Waals surface area contributed by atoms with Crippen molar-refractivity contribution in [3.05, 3.63) is 56.5 Å². The molecule has 0 aliphatic rings. The van der Waals surface area contributed by atoms with Crippen molar-refractivity contribution in [3.63, 3.8) is 0 Å². The summed E-state index contributed by atoms with van der Waals surface area (Å²) in [5.74, 6) is 0.262. The predicted octanol–water partition coefficient (Wildman–Crippen LogP) is 1.66. The molecule has 0 fully saturated rings. The van der Waals surface area contributed by atoms with E-state index in [0.29, 0.717) is 23.6 Å². The summed E-state index contributed by atoms with van der Waals surface area (Å²) in [6, 6.07) is 5.85. The summed E-state index contributed by atoms with van der Waals surface area (Å²) in [6.07, 6.45) is 1.52. The van der Waals surface area contributed by atoms with Crippen molar-refractivity contribution >= 4 is 23.3 Å². The molecule has 2 heterocycles. The van der Waals surface area contributed by atoms with Gasteiger partial charge in [-0.05, 0) is 23.6 Å². The van der Waals surface area contributed by atoms with Gasteiger partial charge < -0.3 is 4.57 Å². The average Bonchev–Trinajstić information content (AvgIpc) is 2.93. The molecule has 2 N–H and O–H groups in total. The van der Waals surface area contributed by atoms with Crippen LogP contribution in [0.25, 0.3) is 11.2 Å². The van der Waals surface area contributed by atoms with Crippen LogP contribution in [-0.2, 0) is 13.6 Å². The number of hydrogen-bond donors (Lipinski definition) is 2. The average molecular weight is 358 g/mol. The number of hydrazone groups is 1. The number of fused-ring (bicyclic) bond motifs is 1. The van der Waals surface area contributed by atoms with Crippen molar-refractivity contribution in [1.29, 1.82) is 0 Å². The Hall–Kier alpha value is -3.23. The molecule has 0 atom stereocenters. The molecule has 26 heavy (non-hydrogen) atoms. The number of imidazole rings is 1. The summed E-state index contributed by atoms with van der Waals surface area (Å²) in [4.78, 5) is 30.7. The zero-order valence-electron chi connectivity index (χ0n) is 14.7. The van der Waals surface area contributed by atoms with Crippen LogP contribution in [-0.4, -0.2) is 25.3 Å². The summed E-state index contributed by atoms with van der Waals surface area (Å²) >= 11 is 0. The Kier molecular flexibility index (Phi) is 4.70. The maximum absolute atomic E-state index is 12.9. The second-order valence-electron chi connectivity index (χ2n) is 6.35. The van der Waals surface area contributed by atoms with E-state index < -0.39 is 11.2 Å². The molecule has 3 aromatic rings. The maximum atomic E-state index is 12.9. The first-order valence-electron chi connectivity index (χ1n) is 8.11. The molecule has 0 unspecified atom stereocenters. The van der Waals surface area contributed by atoms with Crippen LogP contribution in [0.5, 0.6) is 0 Å². The fraction of sp³-hybridized carbons (Fsp3) is 0.294. The minimum Gasteiger partial charge on any atom is -0.303 e. The standard InChI is InChI=1S/C17H19FN6O2/c1-10(2)9-24-13-14(23(3)17(26)21-15(13)25)20-16(24)22-19-8-11-4-6-12(18)7-5-11/h4-8,10H,9H2,1-3H3,(H,20,22)(H,21,25,26). The topological polar surface area (TPSA) is 97.1 Å². The van der Waals surface area contributed by atoms with Crippen LogP contribution in [0, 0.1) is 11.7 Å². The molecule has 0 amide bonds. The molecule has 0 spiro atoms. The predicted molar refractivity (Wildman–Crippen MR) is 98.0 cm³/mol. The van der Waals surface area contributed by atoms with Gasteiger partial charge in [0, 0.05) is 13.6 Å². The quantitative estimate of drug-likeness (QED) is 0.535. The zero-order valence-corrected chi connectivity index (χ0v) is 14.7. The zero-order chi connectivity index (χ0) is 18.8. The number of aromatic amines is 1. The first kappa shape index (κ1) is 17.6. The summed E-state index contributed by atoms with van der Waals surface area (Å²) in [6.45, 7) is 4.54. The van der Waals surface area contributed by atoms with E-state index in [0.717, 1.165) is 0 Å². The normalized spacial score (nSPS) is 11.7. The number of hydrogen-bond acceptors (Lipinski definition) is 5. The van der Waals surface area contributed by atoms with Crippen LogP contribution in [0.2, 0.25) is 0 Å².